The van der Waals surface area contributed by atoms with E-state index in [1.54, 1.807) is 0 Å². The van der Waals surface area contributed by atoms with Gasteiger partial charge in [0.25, 0.3) is 5.91 Å². The molecule has 0 fully saturated rings. The second kappa shape index (κ2) is 4.85. The minimum atomic E-state index is -1.11. The topological polar surface area (TPSA) is 79.5 Å². The van der Waals surface area contributed by atoms with Crippen LogP contribution in [0.1, 0.15) is 38.0 Å². The van der Waals surface area contributed by atoms with Crippen LogP contribution < -0.4 is 5.32 Å². The average molecular weight is 271 g/mol. The number of carbonyl (C=O) groups is 2. The number of rotatable bonds is 4. The first-order chi connectivity index (χ1) is 9.65. The van der Waals surface area contributed by atoms with E-state index in [2.05, 4.69) is 17.4 Å². The van der Waals surface area contributed by atoms with E-state index < -0.39 is 5.97 Å². The highest BCUT2D eigenvalue weighted by molar-refractivity contribution is 5.95. The highest BCUT2D eigenvalue weighted by atomic mass is 16.4. The first kappa shape index (κ1) is 12.5. The molecule has 5 nitrogen and oxygen atoms in total. The summed E-state index contributed by atoms with van der Waals surface area (Å²) in [5.74, 6) is -1.15. The van der Waals surface area contributed by atoms with Crippen LogP contribution in [0.2, 0.25) is 0 Å². The smallest absolute Gasteiger partial charge is 0.338 e. The SMILES string of the molecule is O=C(O)c1coc(C(=O)NCC2Cc3ccccc32)c1. The van der Waals surface area contributed by atoms with Crippen LogP contribution in [0.5, 0.6) is 0 Å². The second-order valence-electron chi connectivity index (χ2n) is 4.81. The molecule has 1 heterocycles. The Morgan fingerprint density at radius 1 is 1.35 bits per heavy atom. The molecule has 0 saturated carbocycles. The number of hydrogen-bond acceptors (Lipinski definition) is 3. The number of aromatic carboxylic acids is 1. The first-order valence-electron chi connectivity index (χ1n) is 6.33. The molecule has 1 atom stereocenters. The molecule has 0 spiro atoms. The van der Waals surface area contributed by atoms with Gasteiger partial charge in [0.05, 0.1) is 5.56 Å². The molecule has 1 aliphatic carbocycles. The number of carboxylic acid groups (broad SMARTS) is 1. The Balaban J connectivity index is 1.59. The molecule has 20 heavy (non-hydrogen) atoms. The summed E-state index contributed by atoms with van der Waals surface area (Å²) >= 11 is 0. The summed E-state index contributed by atoms with van der Waals surface area (Å²) in [6.45, 7) is 0.527. The summed E-state index contributed by atoms with van der Waals surface area (Å²) in [5.41, 5.74) is 2.56. The molecule has 102 valence electrons. The fourth-order valence-corrected chi connectivity index (χ4v) is 2.42. The number of carboxylic acids is 1. The number of benzene rings is 1. The van der Waals surface area contributed by atoms with Gasteiger partial charge < -0.3 is 14.8 Å². The summed E-state index contributed by atoms with van der Waals surface area (Å²) in [7, 11) is 0. The molecular formula is C15H13NO4. The summed E-state index contributed by atoms with van der Waals surface area (Å²) in [6.07, 6.45) is 2.02. The zero-order chi connectivity index (χ0) is 14.1. The van der Waals surface area contributed by atoms with Gasteiger partial charge in [-0.05, 0) is 17.5 Å². The Hall–Kier alpha value is -2.56. The lowest BCUT2D eigenvalue weighted by Gasteiger charge is -2.30. The van der Waals surface area contributed by atoms with E-state index in [9.17, 15) is 9.59 Å². The van der Waals surface area contributed by atoms with Crippen LogP contribution in [0.3, 0.4) is 0 Å². The van der Waals surface area contributed by atoms with E-state index in [1.807, 2.05) is 12.1 Å². The van der Waals surface area contributed by atoms with Crippen LogP contribution in [-0.4, -0.2) is 23.5 Å². The Morgan fingerprint density at radius 3 is 2.85 bits per heavy atom. The zero-order valence-electron chi connectivity index (χ0n) is 10.6. The van der Waals surface area contributed by atoms with E-state index in [0.29, 0.717) is 12.5 Å². The van der Waals surface area contributed by atoms with Gasteiger partial charge in [0, 0.05) is 18.5 Å². The number of hydrogen-bond donors (Lipinski definition) is 2. The molecule has 2 N–H and O–H groups in total. The third-order valence-corrected chi connectivity index (χ3v) is 3.54. The van der Waals surface area contributed by atoms with Gasteiger partial charge in [0.15, 0.2) is 5.76 Å². The van der Waals surface area contributed by atoms with Gasteiger partial charge in [-0.25, -0.2) is 4.79 Å². The highest BCUT2D eigenvalue weighted by Crippen LogP contribution is 2.34. The normalized spacial score (nSPS) is 16.1. The van der Waals surface area contributed by atoms with Crippen molar-refractivity contribution < 1.29 is 19.1 Å². The average Bonchev–Trinajstić information content (AvgIpc) is 2.89. The van der Waals surface area contributed by atoms with Gasteiger partial charge in [-0.15, -0.1) is 0 Å². The van der Waals surface area contributed by atoms with E-state index in [4.69, 9.17) is 9.52 Å². The van der Waals surface area contributed by atoms with E-state index in [1.165, 1.54) is 17.2 Å². The van der Waals surface area contributed by atoms with Crippen molar-refractivity contribution in [2.45, 2.75) is 12.3 Å². The Bertz CT molecular complexity index is 674. The molecule has 1 amide bonds. The molecule has 5 heteroatoms. The van der Waals surface area contributed by atoms with Crippen molar-refractivity contribution in [2.75, 3.05) is 6.54 Å². The summed E-state index contributed by atoms with van der Waals surface area (Å²) in [5, 5.41) is 11.5. The number of fused-ring (bicyclic) bond motifs is 1. The molecule has 0 saturated heterocycles. The standard InChI is InChI=1S/C15H13NO4/c17-14(13-6-11(8-20-13)15(18)19)16-7-10-5-9-3-1-2-4-12(9)10/h1-4,6,8,10H,5,7H2,(H,16,17)(H,18,19). The molecule has 0 bridgehead atoms. The van der Waals surface area contributed by atoms with Crippen molar-refractivity contribution in [1.82, 2.24) is 5.32 Å². The fourth-order valence-electron chi connectivity index (χ4n) is 2.42. The monoisotopic (exact) mass is 271 g/mol. The van der Waals surface area contributed by atoms with E-state index >= 15 is 0 Å². The number of nitrogens with one attached hydrogen (secondary N) is 1. The number of furan rings is 1. The van der Waals surface area contributed by atoms with Gasteiger partial charge in [-0.3, -0.25) is 4.79 Å². The van der Waals surface area contributed by atoms with Crippen LogP contribution in [-0.2, 0) is 6.42 Å². The molecule has 1 aromatic carbocycles. The van der Waals surface area contributed by atoms with Gasteiger partial charge in [-0.1, -0.05) is 24.3 Å². The van der Waals surface area contributed by atoms with Crippen LogP contribution in [0.4, 0.5) is 0 Å². The van der Waals surface area contributed by atoms with E-state index in [-0.39, 0.29) is 17.2 Å². The third-order valence-electron chi connectivity index (χ3n) is 3.54. The van der Waals surface area contributed by atoms with Crippen molar-refractivity contribution in [3.8, 4) is 0 Å². The molecular weight excluding hydrogens is 258 g/mol. The molecule has 1 aliphatic rings. The van der Waals surface area contributed by atoms with Crippen molar-refractivity contribution >= 4 is 11.9 Å². The maximum Gasteiger partial charge on any atom is 0.338 e. The Labute approximate surface area is 115 Å². The van der Waals surface area contributed by atoms with Crippen molar-refractivity contribution in [1.29, 1.82) is 0 Å². The lowest BCUT2D eigenvalue weighted by molar-refractivity contribution is 0.0696. The molecule has 1 aromatic heterocycles. The predicted octanol–water partition coefficient (Wildman–Crippen LogP) is 2.05. The van der Waals surface area contributed by atoms with Crippen LogP contribution in [0.15, 0.2) is 41.0 Å². The predicted molar refractivity (Wildman–Crippen MR) is 70.9 cm³/mol. The third kappa shape index (κ3) is 2.18. The molecule has 3 rings (SSSR count). The van der Waals surface area contributed by atoms with Crippen molar-refractivity contribution in [3.63, 3.8) is 0 Å². The molecule has 1 unspecified atom stereocenters. The van der Waals surface area contributed by atoms with Gasteiger partial charge in [0.2, 0.25) is 0 Å². The molecule has 2 aromatic rings. The van der Waals surface area contributed by atoms with Crippen LogP contribution >= 0.6 is 0 Å². The van der Waals surface area contributed by atoms with Crippen molar-refractivity contribution in [2.24, 2.45) is 0 Å². The van der Waals surface area contributed by atoms with Crippen LogP contribution in [0, 0.1) is 0 Å². The van der Waals surface area contributed by atoms with E-state index in [0.717, 1.165) is 12.7 Å². The zero-order valence-corrected chi connectivity index (χ0v) is 10.6. The lowest BCUT2D eigenvalue weighted by Crippen LogP contribution is -2.32. The summed E-state index contributed by atoms with van der Waals surface area (Å²) < 4.78 is 4.95. The molecule has 0 radical (unpaired) electrons. The molecule has 0 aliphatic heterocycles. The van der Waals surface area contributed by atoms with Crippen LogP contribution in [0.25, 0.3) is 0 Å². The maximum atomic E-state index is 11.8. The Morgan fingerprint density at radius 2 is 2.15 bits per heavy atom. The van der Waals surface area contributed by atoms with Gasteiger partial charge >= 0.3 is 5.97 Å². The second-order valence-corrected chi connectivity index (χ2v) is 4.81. The first-order valence-corrected chi connectivity index (χ1v) is 6.33. The summed E-state index contributed by atoms with van der Waals surface area (Å²) in [4.78, 5) is 22.5. The minimum Gasteiger partial charge on any atom is -0.478 e. The number of carbonyl (C=O) groups excluding carboxylic acids is 1. The maximum absolute atomic E-state index is 11.8. The number of amides is 1. The lowest BCUT2D eigenvalue weighted by atomic mass is 9.77. The minimum absolute atomic E-state index is 0.0232. The summed E-state index contributed by atoms with van der Waals surface area (Å²) in [6, 6.07) is 9.36. The quantitative estimate of drug-likeness (QED) is 0.891. The fraction of sp³-hybridized carbons (Fsp3) is 0.200. The largest absolute Gasteiger partial charge is 0.478 e. The van der Waals surface area contributed by atoms with Gasteiger partial charge in [-0.2, -0.15) is 0 Å². The Kier molecular flexibility index (Phi) is 3.02. The highest BCUT2D eigenvalue weighted by Gasteiger charge is 2.26. The van der Waals surface area contributed by atoms with Crippen molar-refractivity contribution in [3.05, 3.63) is 59.0 Å². The van der Waals surface area contributed by atoms with Gasteiger partial charge in [0.1, 0.15) is 6.26 Å².